The Morgan fingerprint density at radius 2 is 1.38 bits per heavy atom. The van der Waals surface area contributed by atoms with E-state index in [1.807, 2.05) is 29.2 Å². The van der Waals surface area contributed by atoms with Gasteiger partial charge in [-0.1, -0.05) is 32.4 Å². The maximum Gasteiger partial charge on any atom is 0.229 e. The minimum absolute atomic E-state index is 0.111. The first-order valence-electron chi connectivity index (χ1n) is 15.4. The van der Waals surface area contributed by atoms with E-state index in [1.54, 1.807) is 27.3 Å². The van der Waals surface area contributed by atoms with E-state index in [0.29, 0.717) is 46.8 Å². The fraction of sp³-hybridized carbons (Fsp3) is 0.485. The molecule has 2 fully saturated rings. The second kappa shape index (κ2) is 14.0. The minimum Gasteiger partial charge on any atom is -0.494 e. The number of carbonyl (C=O) groups is 1. The number of hydrogen-bond donors (Lipinski definition) is 2. The lowest BCUT2D eigenvalue weighted by molar-refractivity contribution is -0.129. The molecule has 45 heavy (non-hydrogen) atoms. The van der Waals surface area contributed by atoms with Crippen LogP contribution in [0.1, 0.15) is 27.7 Å². The average molecular weight is 637 g/mol. The molecule has 0 atom stereocenters. The summed E-state index contributed by atoms with van der Waals surface area (Å²) in [5.41, 5.74) is 3.93. The van der Waals surface area contributed by atoms with Gasteiger partial charge in [0.25, 0.3) is 0 Å². The van der Waals surface area contributed by atoms with Gasteiger partial charge in [0.2, 0.25) is 11.9 Å². The van der Waals surface area contributed by atoms with Crippen LogP contribution in [-0.2, 0) is 4.79 Å². The molecular formula is C33H45ClN8O3. The second-order valence-electron chi connectivity index (χ2n) is 12.7. The molecule has 11 nitrogen and oxygen atoms in total. The Labute approximate surface area is 271 Å². The molecule has 3 aromatic rings. The van der Waals surface area contributed by atoms with Crippen LogP contribution in [0.25, 0.3) is 0 Å². The van der Waals surface area contributed by atoms with Crippen molar-refractivity contribution < 1.29 is 14.3 Å². The van der Waals surface area contributed by atoms with Gasteiger partial charge in [-0.3, -0.25) is 9.69 Å². The highest BCUT2D eigenvalue weighted by atomic mass is 35.5. The molecule has 0 saturated carbocycles. The lowest BCUT2D eigenvalue weighted by atomic mass is 9.96. The van der Waals surface area contributed by atoms with E-state index in [4.69, 9.17) is 21.1 Å². The number of carbonyl (C=O) groups excluding carboxylic acids is 1. The Morgan fingerprint density at radius 3 is 1.89 bits per heavy atom. The van der Waals surface area contributed by atoms with Crippen LogP contribution in [0.4, 0.5) is 34.5 Å². The van der Waals surface area contributed by atoms with Crippen molar-refractivity contribution >= 4 is 52.0 Å². The van der Waals surface area contributed by atoms with E-state index in [0.717, 1.165) is 68.6 Å². The number of benzene rings is 2. The average Bonchev–Trinajstić information content (AvgIpc) is 3.02. The number of methoxy groups -OCH3 is 2. The second-order valence-corrected chi connectivity index (χ2v) is 13.1. The summed E-state index contributed by atoms with van der Waals surface area (Å²) in [5, 5.41) is 6.98. The van der Waals surface area contributed by atoms with Crippen LogP contribution in [-0.4, -0.2) is 98.8 Å². The van der Waals surface area contributed by atoms with E-state index in [-0.39, 0.29) is 5.91 Å². The van der Waals surface area contributed by atoms with E-state index in [9.17, 15) is 4.79 Å². The van der Waals surface area contributed by atoms with Gasteiger partial charge >= 0.3 is 0 Å². The van der Waals surface area contributed by atoms with Crippen LogP contribution >= 0.6 is 11.6 Å². The molecule has 242 valence electrons. The topological polar surface area (TPSA) is 98.3 Å². The minimum atomic E-state index is 0.111. The molecule has 0 bridgehead atoms. The molecule has 2 saturated heterocycles. The number of amides is 1. The normalized spacial score (nSPS) is 16.0. The summed E-state index contributed by atoms with van der Waals surface area (Å²) in [6.07, 6.45) is 1.56. The molecule has 0 spiro atoms. The number of rotatable bonds is 9. The van der Waals surface area contributed by atoms with Gasteiger partial charge in [-0.25, -0.2) is 4.98 Å². The SMILES string of the molecule is COc1cc(N2CCN(C(C)=O)CC2)ccc1Nc1ncc(Cl)c(Nc2ccc(N3CCN(CC(C)(C)C)CC3)cc2OC)n1. The van der Waals surface area contributed by atoms with Crippen molar-refractivity contribution in [3.63, 3.8) is 0 Å². The third-order valence-electron chi connectivity index (χ3n) is 8.14. The standard InChI is InChI=1S/C33H45ClN8O3/c1-23(43)40-15-17-42(18-16-40)25-8-10-28(30(20-25)45-6)37-32-35-21-26(34)31(38-32)36-27-9-7-24(19-29(27)44-5)41-13-11-39(12-14-41)22-33(2,3)4/h7-10,19-21H,11-18,22H2,1-6H3,(H2,35,36,37,38). The third-order valence-corrected chi connectivity index (χ3v) is 8.42. The highest BCUT2D eigenvalue weighted by Crippen LogP contribution is 2.36. The van der Waals surface area contributed by atoms with Crippen molar-refractivity contribution in [1.29, 1.82) is 0 Å². The molecule has 0 aliphatic carbocycles. The first-order valence-corrected chi connectivity index (χ1v) is 15.8. The van der Waals surface area contributed by atoms with Crippen molar-refractivity contribution in [3.8, 4) is 11.5 Å². The summed E-state index contributed by atoms with van der Waals surface area (Å²) in [5.74, 6) is 2.29. The molecule has 1 aromatic heterocycles. The zero-order valence-corrected chi connectivity index (χ0v) is 27.9. The molecule has 0 radical (unpaired) electrons. The summed E-state index contributed by atoms with van der Waals surface area (Å²) in [7, 11) is 3.30. The quantitative estimate of drug-likeness (QED) is 0.315. The van der Waals surface area contributed by atoms with Crippen LogP contribution in [0, 0.1) is 5.41 Å². The van der Waals surface area contributed by atoms with Gasteiger partial charge in [0.05, 0.1) is 31.8 Å². The third kappa shape index (κ3) is 8.20. The van der Waals surface area contributed by atoms with Crippen molar-refractivity contribution in [3.05, 3.63) is 47.6 Å². The van der Waals surface area contributed by atoms with Crippen molar-refractivity contribution in [2.45, 2.75) is 27.7 Å². The number of hydrogen-bond acceptors (Lipinski definition) is 10. The number of ether oxygens (including phenoxy) is 2. The number of piperazine rings is 2. The van der Waals surface area contributed by atoms with Crippen LogP contribution in [0.3, 0.4) is 0 Å². The molecule has 2 N–H and O–H groups in total. The first kappa shape index (κ1) is 32.4. The smallest absolute Gasteiger partial charge is 0.229 e. The van der Waals surface area contributed by atoms with Crippen molar-refractivity contribution in [2.75, 3.05) is 93.6 Å². The predicted octanol–water partition coefficient (Wildman–Crippen LogP) is 5.47. The van der Waals surface area contributed by atoms with Gasteiger partial charge in [0.1, 0.15) is 16.5 Å². The number of nitrogens with one attached hydrogen (secondary N) is 2. The van der Waals surface area contributed by atoms with Gasteiger partial charge in [-0.15, -0.1) is 0 Å². The fourth-order valence-electron chi connectivity index (χ4n) is 5.84. The monoisotopic (exact) mass is 636 g/mol. The summed E-state index contributed by atoms with van der Waals surface area (Å²) in [6, 6.07) is 12.1. The summed E-state index contributed by atoms with van der Waals surface area (Å²) < 4.78 is 11.5. The van der Waals surface area contributed by atoms with Gasteiger partial charge in [0.15, 0.2) is 5.82 Å². The fourth-order valence-corrected chi connectivity index (χ4v) is 5.98. The molecule has 3 heterocycles. The summed E-state index contributed by atoms with van der Waals surface area (Å²) in [4.78, 5) is 29.8. The number of aromatic nitrogens is 2. The zero-order chi connectivity index (χ0) is 32.1. The van der Waals surface area contributed by atoms with Gasteiger partial charge in [-0.05, 0) is 29.7 Å². The summed E-state index contributed by atoms with van der Waals surface area (Å²) in [6.45, 7) is 16.5. The van der Waals surface area contributed by atoms with Crippen LogP contribution in [0.2, 0.25) is 5.02 Å². The van der Waals surface area contributed by atoms with E-state index in [1.165, 1.54) is 0 Å². The zero-order valence-electron chi connectivity index (χ0n) is 27.2. The van der Waals surface area contributed by atoms with E-state index in [2.05, 4.69) is 68.2 Å². The largest absolute Gasteiger partial charge is 0.494 e. The Kier molecular flexibility index (Phi) is 10.1. The number of anilines is 6. The van der Waals surface area contributed by atoms with Crippen LogP contribution in [0.15, 0.2) is 42.6 Å². The lowest BCUT2D eigenvalue weighted by Crippen LogP contribution is -2.48. The first-order chi connectivity index (χ1) is 21.5. The van der Waals surface area contributed by atoms with Crippen molar-refractivity contribution in [2.24, 2.45) is 5.41 Å². The van der Waals surface area contributed by atoms with Gasteiger partial charge in [0, 0.05) is 89.3 Å². The van der Waals surface area contributed by atoms with Crippen molar-refractivity contribution in [1.82, 2.24) is 19.8 Å². The molecule has 5 rings (SSSR count). The van der Waals surface area contributed by atoms with Gasteiger partial charge in [-0.2, -0.15) is 4.98 Å². The van der Waals surface area contributed by atoms with E-state index >= 15 is 0 Å². The molecule has 1 amide bonds. The predicted molar refractivity (Wildman–Crippen MR) is 182 cm³/mol. The Morgan fingerprint density at radius 1 is 0.844 bits per heavy atom. The Hall–Kier alpha value is -3.96. The molecule has 12 heteroatoms. The van der Waals surface area contributed by atoms with Crippen LogP contribution < -0.4 is 29.9 Å². The maximum atomic E-state index is 11.7. The Bertz CT molecular complexity index is 1480. The van der Waals surface area contributed by atoms with Crippen LogP contribution in [0.5, 0.6) is 11.5 Å². The molecule has 2 aliphatic heterocycles. The van der Waals surface area contributed by atoms with Gasteiger partial charge < -0.3 is 34.8 Å². The molecule has 2 aliphatic rings. The number of halogens is 1. The lowest BCUT2D eigenvalue weighted by Gasteiger charge is -2.39. The van der Waals surface area contributed by atoms with E-state index < -0.39 is 0 Å². The molecule has 2 aromatic carbocycles. The number of nitrogens with zero attached hydrogens (tertiary/aromatic N) is 6. The maximum absolute atomic E-state index is 11.7. The Balaban J connectivity index is 1.26. The highest BCUT2D eigenvalue weighted by molar-refractivity contribution is 6.33. The summed E-state index contributed by atoms with van der Waals surface area (Å²) >= 11 is 6.53. The molecular weight excluding hydrogens is 592 g/mol. The highest BCUT2D eigenvalue weighted by Gasteiger charge is 2.23. The molecule has 0 unspecified atom stereocenters.